The molecule has 1 fully saturated rings. The van der Waals surface area contributed by atoms with Gasteiger partial charge in [-0.1, -0.05) is 11.6 Å². The number of nitrogens with one attached hydrogen (secondary N) is 1. The van der Waals surface area contributed by atoms with Gasteiger partial charge in [0.05, 0.1) is 49.4 Å². The average Bonchev–Trinajstić information content (AvgIpc) is 2.91. The molecule has 0 aliphatic carbocycles. The van der Waals surface area contributed by atoms with Crippen LogP contribution in [0.4, 0.5) is 27.5 Å². The molecule has 5 rings (SSSR count). The van der Waals surface area contributed by atoms with Crippen LogP contribution in [0.3, 0.4) is 0 Å². The summed E-state index contributed by atoms with van der Waals surface area (Å²) in [6, 6.07) is 9.45. The van der Waals surface area contributed by atoms with E-state index in [0.29, 0.717) is 37.0 Å². The lowest BCUT2D eigenvalue weighted by molar-refractivity contribution is 0.122. The van der Waals surface area contributed by atoms with Gasteiger partial charge in [-0.15, -0.1) is 5.11 Å². The van der Waals surface area contributed by atoms with Gasteiger partial charge in [0.1, 0.15) is 6.54 Å². The van der Waals surface area contributed by atoms with Gasteiger partial charge >= 0.3 is 0 Å². The van der Waals surface area contributed by atoms with Crippen molar-refractivity contribution in [1.29, 1.82) is 0 Å². The third kappa shape index (κ3) is 6.19. The molecule has 0 amide bonds. The van der Waals surface area contributed by atoms with E-state index in [0.717, 1.165) is 34.3 Å². The van der Waals surface area contributed by atoms with Crippen LogP contribution in [0, 0.1) is 12.7 Å². The lowest BCUT2D eigenvalue weighted by atomic mass is 10.0. The highest BCUT2D eigenvalue weighted by Crippen LogP contribution is 2.30. The fourth-order valence-corrected chi connectivity index (χ4v) is 4.06. The maximum Gasteiger partial charge on any atom is 0.270 e. The summed E-state index contributed by atoms with van der Waals surface area (Å²) in [4.78, 5) is 14.4. The van der Waals surface area contributed by atoms with E-state index < -0.39 is 5.82 Å². The zero-order valence-electron chi connectivity index (χ0n) is 20.0. The van der Waals surface area contributed by atoms with Gasteiger partial charge in [-0.05, 0) is 48.4 Å². The zero-order chi connectivity index (χ0) is 25.6. The minimum Gasteiger partial charge on any atom is -0.378 e. The summed E-state index contributed by atoms with van der Waals surface area (Å²) in [5.74, 6) is -0.192. The number of aromatic nitrogens is 5. The van der Waals surface area contributed by atoms with E-state index in [9.17, 15) is 4.39 Å². The summed E-state index contributed by atoms with van der Waals surface area (Å²) >= 11 is 6.36. The van der Waals surface area contributed by atoms with Crippen LogP contribution in [-0.4, -0.2) is 51.5 Å². The van der Waals surface area contributed by atoms with Gasteiger partial charge in [-0.25, -0.2) is 9.37 Å². The van der Waals surface area contributed by atoms with Crippen molar-refractivity contribution < 1.29 is 9.13 Å². The number of benzene rings is 1. The van der Waals surface area contributed by atoms with Crippen molar-refractivity contribution in [3.05, 3.63) is 77.2 Å². The lowest BCUT2D eigenvalue weighted by Crippen LogP contribution is -2.37. The highest BCUT2D eigenvalue weighted by molar-refractivity contribution is 6.31. The normalized spacial score (nSPS) is 13.8. The average molecular weight is 520 g/mol. The molecule has 0 spiro atoms. The maximum atomic E-state index is 14.2. The van der Waals surface area contributed by atoms with Gasteiger partial charge in [0.25, 0.3) is 5.95 Å². The molecule has 0 atom stereocenters. The molecule has 0 radical (unpaired) electrons. The van der Waals surface area contributed by atoms with Gasteiger partial charge in [0.2, 0.25) is 0 Å². The number of halogens is 2. The van der Waals surface area contributed by atoms with Crippen molar-refractivity contribution in [3.8, 4) is 11.1 Å². The van der Waals surface area contributed by atoms with Crippen LogP contribution in [0.2, 0.25) is 5.02 Å². The Morgan fingerprint density at radius 1 is 1.03 bits per heavy atom. The lowest BCUT2D eigenvalue weighted by Gasteiger charge is -2.27. The topological polar surface area (TPSA) is 114 Å². The predicted octanol–water partition coefficient (Wildman–Crippen LogP) is 5.29. The smallest absolute Gasteiger partial charge is 0.270 e. The van der Waals surface area contributed by atoms with Crippen LogP contribution in [0.5, 0.6) is 0 Å². The largest absolute Gasteiger partial charge is 0.378 e. The number of anilines is 3. The van der Waals surface area contributed by atoms with E-state index in [1.54, 1.807) is 18.6 Å². The van der Waals surface area contributed by atoms with E-state index in [1.165, 1.54) is 0 Å². The summed E-state index contributed by atoms with van der Waals surface area (Å²) in [5, 5.41) is 20.0. The molecule has 188 valence electrons. The molecule has 12 heteroatoms. The number of pyridine rings is 1. The molecule has 4 heterocycles. The van der Waals surface area contributed by atoms with Gasteiger partial charge in [-0.2, -0.15) is 20.3 Å². The van der Waals surface area contributed by atoms with Gasteiger partial charge < -0.3 is 15.0 Å². The molecule has 4 aromatic rings. The molecule has 10 nitrogen and oxygen atoms in total. The summed E-state index contributed by atoms with van der Waals surface area (Å²) in [6.07, 6.45) is 6.25. The Bertz CT molecular complexity index is 1410. The Labute approximate surface area is 217 Å². The fraction of sp³-hybridized carbons (Fsp3) is 0.240. The van der Waals surface area contributed by atoms with Crippen LogP contribution in [-0.2, 0) is 11.3 Å². The van der Waals surface area contributed by atoms with Crippen molar-refractivity contribution in [2.45, 2.75) is 13.5 Å². The number of ether oxygens (including phenoxy) is 1. The molecule has 3 aromatic heterocycles. The van der Waals surface area contributed by atoms with Crippen LogP contribution < -0.4 is 10.2 Å². The van der Waals surface area contributed by atoms with Gasteiger partial charge in [0, 0.05) is 29.4 Å². The summed E-state index contributed by atoms with van der Waals surface area (Å²) in [5.41, 5.74) is 5.21. The Morgan fingerprint density at radius 3 is 2.65 bits per heavy atom. The first-order valence-corrected chi connectivity index (χ1v) is 12.0. The number of aryl methyl sites for hydroxylation is 1. The minimum absolute atomic E-state index is 0.0950. The molecular formula is C25H23ClFN9O. The monoisotopic (exact) mass is 519 g/mol. The second-order valence-electron chi connectivity index (χ2n) is 8.32. The van der Waals surface area contributed by atoms with Crippen LogP contribution in [0.15, 0.2) is 65.3 Å². The number of hydrogen-bond acceptors (Lipinski definition) is 10. The molecule has 1 aromatic carbocycles. The molecular weight excluding hydrogens is 497 g/mol. The van der Waals surface area contributed by atoms with Crippen LogP contribution in [0.25, 0.3) is 11.1 Å². The highest BCUT2D eigenvalue weighted by atomic mass is 35.5. The van der Waals surface area contributed by atoms with E-state index in [-0.39, 0.29) is 18.3 Å². The van der Waals surface area contributed by atoms with E-state index >= 15 is 0 Å². The third-order valence-corrected chi connectivity index (χ3v) is 5.89. The molecule has 1 aliphatic rings. The fourth-order valence-electron chi connectivity index (χ4n) is 3.83. The Hall–Kier alpha value is -4.09. The summed E-state index contributed by atoms with van der Waals surface area (Å²) < 4.78 is 19.5. The zero-order valence-corrected chi connectivity index (χ0v) is 20.7. The predicted molar refractivity (Wildman–Crippen MR) is 138 cm³/mol. The summed E-state index contributed by atoms with van der Waals surface area (Å²) in [7, 11) is 0. The van der Waals surface area contributed by atoms with E-state index in [1.807, 2.05) is 42.2 Å². The second-order valence-corrected chi connectivity index (χ2v) is 8.75. The molecule has 1 N–H and O–H groups in total. The van der Waals surface area contributed by atoms with E-state index in [4.69, 9.17) is 16.3 Å². The van der Waals surface area contributed by atoms with Gasteiger partial charge in [0.15, 0.2) is 11.6 Å². The number of morpholine rings is 1. The maximum absolute atomic E-state index is 14.2. The van der Waals surface area contributed by atoms with Crippen molar-refractivity contribution >= 4 is 34.7 Å². The van der Waals surface area contributed by atoms with E-state index in [2.05, 4.69) is 40.7 Å². The first kappa shape index (κ1) is 24.6. The second kappa shape index (κ2) is 11.3. The molecule has 1 saturated heterocycles. The van der Waals surface area contributed by atoms with Crippen molar-refractivity contribution in [1.82, 2.24) is 25.1 Å². The standard InChI is InChI=1S/C25H23ClFN9O/c1-16-11-30-31-14-22(16)17-8-18(26)10-21(9-17)33-20-3-2-19(28-12-20)13-32-35-25-29-15-23(27)24(34-25)36-4-6-37-7-5-36/h2-3,8-12,14-15,33H,4-7,13H2,1H3. The molecule has 0 saturated carbocycles. The summed E-state index contributed by atoms with van der Waals surface area (Å²) in [6.45, 7) is 4.37. The number of azo groups is 1. The Balaban J connectivity index is 1.23. The number of rotatable bonds is 7. The Morgan fingerprint density at radius 2 is 1.86 bits per heavy atom. The SMILES string of the molecule is Cc1cnncc1-c1cc(Cl)cc(Nc2ccc(CN=Nc3ncc(F)c(N4CCOCC4)n3)nc2)c1. The number of nitrogens with zero attached hydrogens (tertiary/aromatic N) is 8. The van der Waals surface area contributed by atoms with Crippen LogP contribution >= 0.6 is 11.6 Å². The third-order valence-electron chi connectivity index (χ3n) is 5.67. The number of hydrogen-bond donors (Lipinski definition) is 1. The first-order valence-electron chi connectivity index (χ1n) is 11.6. The molecule has 0 unspecified atom stereocenters. The quantitative estimate of drug-likeness (QED) is 0.327. The molecule has 37 heavy (non-hydrogen) atoms. The van der Waals surface area contributed by atoms with Crippen molar-refractivity contribution in [2.24, 2.45) is 10.2 Å². The first-order chi connectivity index (χ1) is 18.0. The molecule has 1 aliphatic heterocycles. The molecule has 0 bridgehead atoms. The van der Waals surface area contributed by atoms with Crippen LogP contribution in [0.1, 0.15) is 11.3 Å². The van der Waals surface area contributed by atoms with Crippen molar-refractivity contribution in [2.75, 3.05) is 36.5 Å². The highest BCUT2D eigenvalue weighted by Gasteiger charge is 2.17. The Kier molecular flexibility index (Phi) is 7.52. The van der Waals surface area contributed by atoms with Gasteiger partial charge in [-0.3, -0.25) is 4.98 Å². The van der Waals surface area contributed by atoms with Crippen molar-refractivity contribution in [3.63, 3.8) is 0 Å². The minimum atomic E-state index is -0.495.